The van der Waals surface area contributed by atoms with Crippen LogP contribution >= 0.6 is 11.6 Å². The number of carbonyl (C=O) groups excluding carboxylic acids is 1. The van der Waals surface area contributed by atoms with E-state index in [9.17, 15) is 4.79 Å². The smallest absolute Gasteiger partial charge is 0.173 e. The Bertz CT molecular complexity index is 669. The van der Waals surface area contributed by atoms with E-state index in [1.165, 1.54) is 0 Å². The van der Waals surface area contributed by atoms with Gasteiger partial charge in [-0.1, -0.05) is 11.6 Å². The molecule has 2 aliphatic heterocycles. The van der Waals surface area contributed by atoms with E-state index in [4.69, 9.17) is 21.1 Å². The molecule has 3 aliphatic rings. The minimum absolute atomic E-state index is 0.0516. The van der Waals surface area contributed by atoms with Crippen LogP contribution in [0.25, 0.3) is 5.57 Å². The van der Waals surface area contributed by atoms with Crippen molar-refractivity contribution in [3.63, 3.8) is 0 Å². The number of nitrogens with zero attached hydrogens (tertiary/aromatic N) is 1. The Morgan fingerprint density at radius 1 is 1.33 bits per heavy atom. The van der Waals surface area contributed by atoms with Crippen LogP contribution in [0.15, 0.2) is 18.0 Å². The zero-order valence-electron chi connectivity index (χ0n) is 11.9. The lowest BCUT2D eigenvalue weighted by molar-refractivity contribution is -0.118. The topological polar surface area (TPSA) is 48.4 Å². The average molecular weight is 306 g/mol. The van der Waals surface area contributed by atoms with Crippen LogP contribution in [-0.4, -0.2) is 30.1 Å². The lowest BCUT2D eigenvalue weighted by Gasteiger charge is -2.21. The number of pyridine rings is 1. The number of carbonyl (C=O) groups is 1. The summed E-state index contributed by atoms with van der Waals surface area (Å²) in [5.41, 5.74) is 2.45. The van der Waals surface area contributed by atoms with Gasteiger partial charge in [-0.2, -0.15) is 0 Å². The maximum atomic E-state index is 12.9. The molecule has 5 heteroatoms. The predicted octanol–water partition coefficient (Wildman–Crippen LogP) is 2.78. The van der Waals surface area contributed by atoms with E-state index in [1.807, 2.05) is 6.92 Å². The Hall–Kier alpha value is -1.39. The first-order chi connectivity index (χ1) is 10.1. The third-order valence-electron chi connectivity index (χ3n) is 4.94. The highest BCUT2D eigenvalue weighted by molar-refractivity contribution is 6.30. The number of aryl methyl sites for hydroxylation is 1. The van der Waals surface area contributed by atoms with Crippen LogP contribution in [0.3, 0.4) is 0 Å². The highest BCUT2D eigenvalue weighted by Gasteiger charge is 2.59. The predicted molar refractivity (Wildman–Crippen MR) is 77.8 cm³/mol. The summed E-state index contributed by atoms with van der Waals surface area (Å²) in [6, 6.07) is 1.78. The summed E-state index contributed by atoms with van der Waals surface area (Å²) in [4.78, 5) is 17.0. The molecule has 110 valence electrons. The molecular weight excluding hydrogens is 290 g/mol. The molecule has 3 heterocycles. The Morgan fingerprint density at radius 3 is 2.71 bits per heavy atom. The number of aromatic nitrogens is 1. The Morgan fingerprint density at radius 2 is 2.05 bits per heavy atom. The van der Waals surface area contributed by atoms with Gasteiger partial charge < -0.3 is 9.47 Å². The quantitative estimate of drug-likeness (QED) is 0.788. The van der Waals surface area contributed by atoms with Crippen LogP contribution in [0.4, 0.5) is 0 Å². The van der Waals surface area contributed by atoms with Crippen LogP contribution in [0.1, 0.15) is 24.0 Å². The molecule has 0 aromatic carbocycles. The maximum absolute atomic E-state index is 12.9. The number of methoxy groups -OCH3 is 1. The highest BCUT2D eigenvalue weighted by atomic mass is 35.5. The number of rotatable bonds is 2. The monoisotopic (exact) mass is 305 g/mol. The fraction of sp³-hybridized carbons (Fsp3) is 0.500. The second kappa shape index (κ2) is 4.55. The summed E-state index contributed by atoms with van der Waals surface area (Å²) >= 11 is 5.92. The van der Waals surface area contributed by atoms with E-state index in [0.717, 1.165) is 29.7 Å². The molecule has 1 aliphatic carbocycles. The average Bonchev–Trinajstić information content (AvgIpc) is 3.11. The van der Waals surface area contributed by atoms with Crippen LogP contribution < -0.4 is 0 Å². The number of ether oxygens (including phenoxy) is 2. The molecule has 4 atom stereocenters. The zero-order valence-corrected chi connectivity index (χ0v) is 12.7. The van der Waals surface area contributed by atoms with Crippen molar-refractivity contribution >= 4 is 23.0 Å². The van der Waals surface area contributed by atoms with Gasteiger partial charge in [0.2, 0.25) is 0 Å². The van der Waals surface area contributed by atoms with Gasteiger partial charge in [0.15, 0.2) is 5.78 Å². The molecule has 2 bridgehead atoms. The molecule has 0 unspecified atom stereocenters. The van der Waals surface area contributed by atoms with Crippen molar-refractivity contribution in [2.24, 2.45) is 11.8 Å². The number of ketones is 1. The van der Waals surface area contributed by atoms with Crippen molar-refractivity contribution in [1.29, 1.82) is 0 Å². The molecule has 0 spiro atoms. The molecule has 0 amide bonds. The summed E-state index contributed by atoms with van der Waals surface area (Å²) in [5.74, 6) is 0.899. The number of allylic oxidation sites excluding steroid dienone is 1. The van der Waals surface area contributed by atoms with Crippen LogP contribution in [-0.2, 0) is 14.3 Å². The Kier molecular flexibility index (Phi) is 2.88. The van der Waals surface area contributed by atoms with E-state index in [0.29, 0.717) is 10.7 Å². The SMILES string of the molecule is COC1=C(c2cnc(Cl)cc2C)C(=O)[C@H]2[C@@H]1[C@H]1CC[C@@H]2O1. The standard InChI is InChI=1S/C16H16ClNO3/c1-7-5-11(17)18-6-8(7)12-15(19)13-9-3-4-10(21-9)14(13)16(12)20-2/h5-6,9-10,13-14H,3-4H2,1-2H3/t9-,10+,13+,14-/m0/s1. The lowest BCUT2D eigenvalue weighted by Crippen LogP contribution is -2.29. The van der Waals surface area contributed by atoms with Gasteiger partial charge in [-0.15, -0.1) is 0 Å². The van der Waals surface area contributed by atoms with Crippen molar-refractivity contribution < 1.29 is 14.3 Å². The van der Waals surface area contributed by atoms with Crippen molar-refractivity contribution in [1.82, 2.24) is 4.98 Å². The largest absolute Gasteiger partial charge is 0.500 e. The van der Waals surface area contributed by atoms with Gasteiger partial charge in [-0.05, 0) is 31.4 Å². The third kappa shape index (κ3) is 1.72. The minimum atomic E-state index is -0.0798. The number of halogens is 1. The van der Waals surface area contributed by atoms with Crippen LogP contribution in [0.5, 0.6) is 0 Å². The number of hydrogen-bond donors (Lipinski definition) is 0. The van der Waals surface area contributed by atoms with Crippen molar-refractivity contribution in [2.75, 3.05) is 7.11 Å². The van der Waals surface area contributed by atoms with E-state index < -0.39 is 0 Å². The van der Waals surface area contributed by atoms with Gasteiger partial charge in [0.05, 0.1) is 36.7 Å². The van der Waals surface area contributed by atoms with Gasteiger partial charge in [0.1, 0.15) is 10.9 Å². The molecule has 1 aromatic rings. The molecule has 2 saturated heterocycles. The number of hydrogen-bond acceptors (Lipinski definition) is 4. The van der Waals surface area contributed by atoms with E-state index in [-0.39, 0.29) is 29.8 Å². The molecule has 0 saturated carbocycles. The summed E-state index contributed by atoms with van der Waals surface area (Å²) in [6.07, 6.45) is 3.83. The van der Waals surface area contributed by atoms with Gasteiger partial charge in [0, 0.05) is 11.8 Å². The number of Topliss-reactive ketones (excluding diaryl/α,β-unsaturated/α-hetero) is 1. The molecule has 0 radical (unpaired) electrons. The molecular formula is C16H16ClNO3. The third-order valence-corrected chi connectivity index (χ3v) is 5.14. The second-order valence-electron chi connectivity index (χ2n) is 5.97. The molecule has 0 N–H and O–H groups in total. The zero-order chi connectivity index (χ0) is 14.7. The molecule has 4 rings (SSSR count). The van der Waals surface area contributed by atoms with Crippen molar-refractivity contribution in [3.05, 3.63) is 34.3 Å². The van der Waals surface area contributed by atoms with Gasteiger partial charge in [0.25, 0.3) is 0 Å². The molecule has 2 fully saturated rings. The Balaban J connectivity index is 1.86. The first-order valence-corrected chi connectivity index (χ1v) is 7.60. The van der Waals surface area contributed by atoms with Crippen LogP contribution in [0.2, 0.25) is 5.15 Å². The van der Waals surface area contributed by atoms with E-state index >= 15 is 0 Å². The van der Waals surface area contributed by atoms with Crippen molar-refractivity contribution in [2.45, 2.75) is 32.0 Å². The summed E-state index contributed by atoms with van der Waals surface area (Å²) in [5, 5.41) is 0.435. The normalized spacial score (nSPS) is 33.8. The van der Waals surface area contributed by atoms with E-state index in [1.54, 1.807) is 19.4 Å². The fourth-order valence-electron chi connectivity index (χ4n) is 4.09. The first-order valence-electron chi connectivity index (χ1n) is 7.22. The summed E-state index contributed by atoms with van der Waals surface area (Å²) in [7, 11) is 1.63. The van der Waals surface area contributed by atoms with E-state index in [2.05, 4.69) is 4.98 Å². The highest BCUT2D eigenvalue weighted by Crippen LogP contribution is 2.54. The van der Waals surface area contributed by atoms with Gasteiger partial charge >= 0.3 is 0 Å². The van der Waals surface area contributed by atoms with Crippen LogP contribution in [0, 0.1) is 18.8 Å². The molecule has 1 aromatic heterocycles. The number of fused-ring (bicyclic) bond motifs is 5. The lowest BCUT2D eigenvalue weighted by atomic mass is 9.80. The van der Waals surface area contributed by atoms with Gasteiger partial charge in [-0.25, -0.2) is 4.98 Å². The fourth-order valence-corrected chi connectivity index (χ4v) is 4.30. The minimum Gasteiger partial charge on any atom is -0.500 e. The molecule has 4 nitrogen and oxygen atoms in total. The summed E-state index contributed by atoms with van der Waals surface area (Å²) in [6.45, 7) is 1.94. The Labute approximate surface area is 128 Å². The van der Waals surface area contributed by atoms with Gasteiger partial charge in [-0.3, -0.25) is 4.79 Å². The second-order valence-corrected chi connectivity index (χ2v) is 6.36. The van der Waals surface area contributed by atoms with Crippen molar-refractivity contribution in [3.8, 4) is 0 Å². The maximum Gasteiger partial charge on any atom is 0.173 e. The summed E-state index contributed by atoms with van der Waals surface area (Å²) < 4.78 is 11.5. The molecule has 21 heavy (non-hydrogen) atoms. The first kappa shape index (κ1) is 13.3.